The number of rotatable bonds is 5. The number of hydrogen-bond acceptors (Lipinski definition) is 3. The van der Waals surface area contributed by atoms with Crippen molar-refractivity contribution in [1.29, 1.82) is 0 Å². The molecule has 3 rings (SSSR count). The van der Waals surface area contributed by atoms with E-state index in [1.165, 1.54) is 43.6 Å². The SMILES string of the molecule is CCNCc1ccc(CN2CC3CCCC3C2)nc1. The number of fused-ring (bicyclic) bond motifs is 1. The van der Waals surface area contributed by atoms with Gasteiger partial charge in [0.1, 0.15) is 0 Å². The molecule has 1 aromatic rings. The Morgan fingerprint density at radius 2 is 2.05 bits per heavy atom. The molecule has 2 heterocycles. The van der Waals surface area contributed by atoms with Gasteiger partial charge in [0.05, 0.1) is 5.69 Å². The maximum atomic E-state index is 4.61. The van der Waals surface area contributed by atoms with Crippen LogP contribution >= 0.6 is 0 Å². The molecule has 2 atom stereocenters. The lowest BCUT2D eigenvalue weighted by atomic mass is 10.0. The monoisotopic (exact) mass is 259 g/mol. The van der Waals surface area contributed by atoms with Gasteiger partial charge in [0, 0.05) is 32.4 Å². The summed E-state index contributed by atoms with van der Waals surface area (Å²) in [6.45, 7) is 7.70. The van der Waals surface area contributed by atoms with E-state index in [1.54, 1.807) is 0 Å². The highest BCUT2D eigenvalue weighted by molar-refractivity contribution is 5.14. The van der Waals surface area contributed by atoms with Gasteiger partial charge in [0.2, 0.25) is 0 Å². The number of hydrogen-bond donors (Lipinski definition) is 1. The Morgan fingerprint density at radius 3 is 2.68 bits per heavy atom. The fraction of sp³-hybridized carbons (Fsp3) is 0.688. The molecule has 0 aromatic carbocycles. The third-order valence-electron chi connectivity index (χ3n) is 4.65. The van der Waals surface area contributed by atoms with E-state index < -0.39 is 0 Å². The zero-order valence-electron chi connectivity index (χ0n) is 11.9. The second kappa shape index (κ2) is 6.02. The standard InChI is InChI=1S/C16H25N3/c1-2-17-8-13-6-7-16(18-9-13)12-19-10-14-4-3-5-15(14)11-19/h6-7,9,14-15,17H,2-5,8,10-12H2,1H3. The second-order valence-electron chi connectivity index (χ2n) is 6.08. The summed E-state index contributed by atoms with van der Waals surface area (Å²) < 4.78 is 0. The molecule has 19 heavy (non-hydrogen) atoms. The average Bonchev–Trinajstić information content (AvgIpc) is 2.99. The molecule has 1 aliphatic heterocycles. The van der Waals surface area contributed by atoms with E-state index in [0.29, 0.717) is 0 Å². The fourth-order valence-electron chi connectivity index (χ4n) is 3.61. The smallest absolute Gasteiger partial charge is 0.0544 e. The largest absolute Gasteiger partial charge is 0.313 e. The van der Waals surface area contributed by atoms with Gasteiger partial charge < -0.3 is 5.32 Å². The third kappa shape index (κ3) is 3.15. The summed E-state index contributed by atoms with van der Waals surface area (Å²) in [4.78, 5) is 7.21. The van der Waals surface area contributed by atoms with Gasteiger partial charge in [-0.1, -0.05) is 19.4 Å². The van der Waals surface area contributed by atoms with Gasteiger partial charge in [0.25, 0.3) is 0 Å². The number of nitrogens with one attached hydrogen (secondary N) is 1. The number of likely N-dealkylation sites (tertiary alicyclic amines) is 1. The first-order valence-corrected chi connectivity index (χ1v) is 7.72. The third-order valence-corrected chi connectivity index (χ3v) is 4.65. The summed E-state index contributed by atoms with van der Waals surface area (Å²) >= 11 is 0. The summed E-state index contributed by atoms with van der Waals surface area (Å²) in [5.41, 5.74) is 2.50. The van der Waals surface area contributed by atoms with Crippen molar-refractivity contribution in [1.82, 2.24) is 15.2 Å². The van der Waals surface area contributed by atoms with Crippen LogP contribution in [0.4, 0.5) is 0 Å². The zero-order valence-corrected chi connectivity index (χ0v) is 11.9. The highest BCUT2D eigenvalue weighted by atomic mass is 15.2. The van der Waals surface area contributed by atoms with Crippen molar-refractivity contribution in [3.8, 4) is 0 Å². The zero-order chi connectivity index (χ0) is 13.1. The van der Waals surface area contributed by atoms with Crippen LogP contribution in [0, 0.1) is 11.8 Å². The second-order valence-corrected chi connectivity index (χ2v) is 6.08. The average molecular weight is 259 g/mol. The van der Waals surface area contributed by atoms with Crippen LogP contribution in [0.2, 0.25) is 0 Å². The number of aromatic nitrogens is 1. The van der Waals surface area contributed by atoms with E-state index in [4.69, 9.17) is 0 Å². The van der Waals surface area contributed by atoms with Crippen molar-refractivity contribution < 1.29 is 0 Å². The van der Waals surface area contributed by atoms with Crippen LogP contribution in [0.1, 0.15) is 37.4 Å². The molecule has 2 fully saturated rings. The quantitative estimate of drug-likeness (QED) is 0.880. The molecule has 1 N–H and O–H groups in total. The molecule has 1 saturated heterocycles. The molecular formula is C16H25N3. The van der Waals surface area contributed by atoms with E-state index in [-0.39, 0.29) is 0 Å². The van der Waals surface area contributed by atoms with Crippen molar-refractivity contribution >= 4 is 0 Å². The van der Waals surface area contributed by atoms with E-state index >= 15 is 0 Å². The first kappa shape index (κ1) is 13.1. The first-order chi connectivity index (χ1) is 9.35. The maximum Gasteiger partial charge on any atom is 0.0544 e. The molecule has 1 aliphatic carbocycles. The van der Waals surface area contributed by atoms with Crippen molar-refractivity contribution in [2.75, 3.05) is 19.6 Å². The molecular weight excluding hydrogens is 234 g/mol. The topological polar surface area (TPSA) is 28.2 Å². The van der Waals surface area contributed by atoms with Gasteiger partial charge in [-0.3, -0.25) is 9.88 Å². The van der Waals surface area contributed by atoms with Crippen molar-refractivity contribution in [3.63, 3.8) is 0 Å². The van der Waals surface area contributed by atoms with Crippen molar-refractivity contribution in [2.24, 2.45) is 11.8 Å². The highest BCUT2D eigenvalue weighted by Gasteiger charge is 2.35. The molecule has 1 aromatic heterocycles. The Hall–Kier alpha value is -0.930. The van der Waals surface area contributed by atoms with Gasteiger partial charge in [-0.25, -0.2) is 0 Å². The summed E-state index contributed by atoms with van der Waals surface area (Å²) in [5, 5.41) is 3.33. The Bertz CT molecular complexity index is 389. The fourth-order valence-corrected chi connectivity index (χ4v) is 3.61. The summed E-state index contributed by atoms with van der Waals surface area (Å²) in [5.74, 6) is 1.96. The van der Waals surface area contributed by atoms with Crippen molar-refractivity contribution in [2.45, 2.75) is 39.3 Å². The van der Waals surface area contributed by atoms with Crippen LogP contribution in [0.15, 0.2) is 18.3 Å². The molecule has 0 radical (unpaired) electrons. The lowest BCUT2D eigenvalue weighted by Gasteiger charge is -2.16. The molecule has 3 nitrogen and oxygen atoms in total. The minimum absolute atomic E-state index is 0.928. The Kier molecular flexibility index (Phi) is 4.14. The molecule has 0 bridgehead atoms. The Balaban J connectivity index is 1.52. The van der Waals surface area contributed by atoms with E-state index in [2.05, 4.69) is 34.3 Å². The maximum absolute atomic E-state index is 4.61. The molecule has 0 spiro atoms. The molecule has 1 saturated carbocycles. The van der Waals surface area contributed by atoms with E-state index in [1.807, 2.05) is 6.20 Å². The van der Waals surface area contributed by atoms with Crippen LogP contribution in [-0.4, -0.2) is 29.5 Å². The Morgan fingerprint density at radius 1 is 1.26 bits per heavy atom. The number of pyridine rings is 1. The molecule has 3 heteroatoms. The molecule has 0 amide bonds. The lowest BCUT2D eigenvalue weighted by molar-refractivity contribution is 0.300. The van der Waals surface area contributed by atoms with Crippen LogP contribution in [0.25, 0.3) is 0 Å². The van der Waals surface area contributed by atoms with E-state index in [0.717, 1.165) is 31.5 Å². The normalized spacial score (nSPS) is 26.8. The predicted molar refractivity (Wildman–Crippen MR) is 77.7 cm³/mol. The minimum Gasteiger partial charge on any atom is -0.313 e. The van der Waals surface area contributed by atoms with Crippen LogP contribution in [0.5, 0.6) is 0 Å². The summed E-state index contributed by atoms with van der Waals surface area (Å²) in [6, 6.07) is 4.41. The minimum atomic E-state index is 0.928. The van der Waals surface area contributed by atoms with Crippen LogP contribution < -0.4 is 5.32 Å². The van der Waals surface area contributed by atoms with Gasteiger partial charge >= 0.3 is 0 Å². The summed E-state index contributed by atoms with van der Waals surface area (Å²) in [6.07, 6.45) is 6.39. The highest BCUT2D eigenvalue weighted by Crippen LogP contribution is 2.37. The summed E-state index contributed by atoms with van der Waals surface area (Å²) in [7, 11) is 0. The predicted octanol–water partition coefficient (Wildman–Crippen LogP) is 2.42. The molecule has 2 unspecified atom stereocenters. The first-order valence-electron chi connectivity index (χ1n) is 7.72. The van der Waals surface area contributed by atoms with Crippen molar-refractivity contribution in [3.05, 3.63) is 29.6 Å². The van der Waals surface area contributed by atoms with Crippen LogP contribution in [-0.2, 0) is 13.1 Å². The van der Waals surface area contributed by atoms with E-state index in [9.17, 15) is 0 Å². The molecule has 104 valence electrons. The van der Waals surface area contributed by atoms with Crippen LogP contribution in [0.3, 0.4) is 0 Å². The molecule has 2 aliphatic rings. The van der Waals surface area contributed by atoms with Gasteiger partial charge in [-0.05, 0) is 42.9 Å². The van der Waals surface area contributed by atoms with Gasteiger partial charge in [-0.15, -0.1) is 0 Å². The van der Waals surface area contributed by atoms with Gasteiger partial charge in [-0.2, -0.15) is 0 Å². The Labute approximate surface area is 116 Å². The van der Waals surface area contributed by atoms with Gasteiger partial charge in [0.15, 0.2) is 0 Å². The lowest BCUT2D eigenvalue weighted by Crippen LogP contribution is -2.21. The number of nitrogens with zero attached hydrogens (tertiary/aromatic N) is 2.